The van der Waals surface area contributed by atoms with Gasteiger partial charge in [-0.1, -0.05) is 46.3 Å². The van der Waals surface area contributed by atoms with Crippen molar-refractivity contribution in [3.8, 4) is 11.5 Å². The van der Waals surface area contributed by atoms with Gasteiger partial charge in [0.2, 0.25) is 0 Å². The molecule has 1 atom stereocenters. The number of H-pyrrole nitrogens is 1. The number of hydrogen-bond acceptors (Lipinski definition) is 2. The van der Waals surface area contributed by atoms with Gasteiger partial charge in [0.05, 0.1) is 6.04 Å². The van der Waals surface area contributed by atoms with Gasteiger partial charge in [0, 0.05) is 27.6 Å². The third-order valence-electron chi connectivity index (χ3n) is 5.08. The van der Waals surface area contributed by atoms with Gasteiger partial charge >= 0.3 is 0 Å². The molecule has 0 spiro atoms. The molecule has 3 aromatic carbocycles. The van der Waals surface area contributed by atoms with Crippen LogP contribution in [0.1, 0.15) is 22.9 Å². The van der Waals surface area contributed by atoms with E-state index in [0.29, 0.717) is 0 Å². The van der Waals surface area contributed by atoms with Crippen molar-refractivity contribution in [2.75, 3.05) is 6.54 Å². The van der Waals surface area contributed by atoms with E-state index in [1.54, 1.807) is 0 Å². The SMILES string of the molecule is Brc1ccc2[nH]c3c(c2c1)CCNC3c1cccc(Oc2ccccc2)c1. The standard InChI is InChI=1S/C23H19BrN2O/c24-16-9-10-21-20(14-16)19-11-12-25-22(23(19)26-21)15-5-4-8-18(13-15)27-17-6-2-1-3-7-17/h1-10,13-14,22,25-26H,11-12H2. The highest BCUT2D eigenvalue weighted by Crippen LogP contribution is 2.35. The summed E-state index contributed by atoms with van der Waals surface area (Å²) < 4.78 is 7.14. The maximum atomic E-state index is 6.03. The van der Waals surface area contributed by atoms with Crippen LogP contribution in [0, 0.1) is 0 Å². The Morgan fingerprint density at radius 3 is 2.63 bits per heavy atom. The Labute approximate surface area is 166 Å². The lowest BCUT2D eigenvalue weighted by Gasteiger charge is -2.25. The normalized spacial score (nSPS) is 16.3. The van der Waals surface area contributed by atoms with Crippen molar-refractivity contribution in [3.63, 3.8) is 0 Å². The highest BCUT2D eigenvalue weighted by Gasteiger charge is 2.25. The Morgan fingerprint density at radius 1 is 0.889 bits per heavy atom. The van der Waals surface area contributed by atoms with Crippen molar-refractivity contribution in [3.05, 3.63) is 94.1 Å². The molecular weight excluding hydrogens is 400 g/mol. The van der Waals surface area contributed by atoms with Crippen molar-refractivity contribution < 1.29 is 4.74 Å². The lowest BCUT2D eigenvalue weighted by molar-refractivity contribution is 0.479. The quantitative estimate of drug-likeness (QED) is 0.430. The Morgan fingerprint density at radius 2 is 1.74 bits per heavy atom. The van der Waals surface area contributed by atoms with Crippen molar-refractivity contribution in [2.45, 2.75) is 12.5 Å². The highest BCUT2D eigenvalue weighted by molar-refractivity contribution is 9.10. The summed E-state index contributed by atoms with van der Waals surface area (Å²) in [6.07, 6.45) is 1.03. The van der Waals surface area contributed by atoms with E-state index in [2.05, 4.69) is 62.6 Å². The molecule has 0 bridgehead atoms. The molecule has 0 aliphatic carbocycles. The monoisotopic (exact) mass is 418 g/mol. The molecule has 2 N–H and O–H groups in total. The van der Waals surface area contributed by atoms with Crippen LogP contribution >= 0.6 is 15.9 Å². The maximum Gasteiger partial charge on any atom is 0.127 e. The number of benzene rings is 3. The molecule has 1 aliphatic rings. The molecule has 0 radical (unpaired) electrons. The van der Waals surface area contributed by atoms with Crippen LogP contribution in [0.2, 0.25) is 0 Å². The lowest BCUT2D eigenvalue weighted by atomic mass is 9.94. The molecule has 5 rings (SSSR count). The summed E-state index contributed by atoms with van der Waals surface area (Å²) in [7, 11) is 0. The summed E-state index contributed by atoms with van der Waals surface area (Å²) in [4.78, 5) is 3.64. The molecule has 27 heavy (non-hydrogen) atoms. The van der Waals surface area contributed by atoms with Crippen LogP contribution in [0.5, 0.6) is 11.5 Å². The number of nitrogens with one attached hydrogen (secondary N) is 2. The fourth-order valence-electron chi connectivity index (χ4n) is 3.87. The summed E-state index contributed by atoms with van der Waals surface area (Å²) in [5, 5.41) is 4.97. The molecule has 134 valence electrons. The molecule has 3 nitrogen and oxygen atoms in total. The van der Waals surface area contributed by atoms with Gasteiger partial charge in [0.15, 0.2) is 0 Å². The third kappa shape index (κ3) is 3.15. The molecule has 0 saturated heterocycles. The largest absolute Gasteiger partial charge is 0.457 e. The average molecular weight is 419 g/mol. The van der Waals surface area contributed by atoms with Gasteiger partial charge < -0.3 is 15.0 Å². The fraction of sp³-hybridized carbons (Fsp3) is 0.130. The predicted octanol–water partition coefficient (Wildman–Crippen LogP) is 5.96. The van der Waals surface area contributed by atoms with Crippen molar-refractivity contribution >= 4 is 26.8 Å². The molecule has 2 heterocycles. The molecule has 0 saturated carbocycles. The van der Waals surface area contributed by atoms with Gasteiger partial charge in [-0.15, -0.1) is 0 Å². The smallest absolute Gasteiger partial charge is 0.127 e. The van der Waals surface area contributed by atoms with Crippen LogP contribution < -0.4 is 10.1 Å². The van der Waals surface area contributed by atoms with E-state index in [0.717, 1.165) is 28.9 Å². The van der Waals surface area contributed by atoms with E-state index in [9.17, 15) is 0 Å². The Kier molecular flexibility index (Phi) is 4.23. The van der Waals surface area contributed by atoms with Gasteiger partial charge in [0.25, 0.3) is 0 Å². The van der Waals surface area contributed by atoms with Gasteiger partial charge in [0.1, 0.15) is 11.5 Å². The van der Waals surface area contributed by atoms with Crippen LogP contribution in [0.3, 0.4) is 0 Å². The van der Waals surface area contributed by atoms with Gasteiger partial charge in [-0.2, -0.15) is 0 Å². The molecule has 0 fully saturated rings. The van der Waals surface area contributed by atoms with Crippen molar-refractivity contribution in [1.29, 1.82) is 0 Å². The molecule has 4 aromatic rings. The first-order valence-corrected chi connectivity index (χ1v) is 9.93. The number of aromatic nitrogens is 1. The van der Waals surface area contributed by atoms with Gasteiger partial charge in [-0.25, -0.2) is 0 Å². The van der Waals surface area contributed by atoms with Crippen LogP contribution in [0.15, 0.2) is 77.3 Å². The van der Waals surface area contributed by atoms with Crippen molar-refractivity contribution in [2.24, 2.45) is 0 Å². The Bertz CT molecular complexity index is 1100. The number of fused-ring (bicyclic) bond motifs is 3. The van der Waals surface area contributed by atoms with E-state index < -0.39 is 0 Å². The fourth-order valence-corrected chi connectivity index (χ4v) is 4.23. The number of ether oxygens (including phenoxy) is 1. The Balaban J connectivity index is 1.53. The minimum absolute atomic E-state index is 0.138. The first-order valence-electron chi connectivity index (χ1n) is 9.14. The Hall–Kier alpha value is -2.56. The van der Waals surface area contributed by atoms with Crippen LogP contribution in [-0.2, 0) is 6.42 Å². The van der Waals surface area contributed by atoms with Gasteiger partial charge in [-0.3, -0.25) is 0 Å². The average Bonchev–Trinajstić information content (AvgIpc) is 3.07. The van der Waals surface area contributed by atoms with Crippen LogP contribution in [0.4, 0.5) is 0 Å². The molecule has 0 amide bonds. The van der Waals surface area contributed by atoms with Crippen LogP contribution in [-0.4, -0.2) is 11.5 Å². The summed E-state index contributed by atoms with van der Waals surface area (Å²) in [6.45, 7) is 0.959. The van der Waals surface area contributed by atoms with E-state index in [1.807, 2.05) is 36.4 Å². The molecule has 1 aromatic heterocycles. The van der Waals surface area contributed by atoms with Crippen LogP contribution in [0.25, 0.3) is 10.9 Å². The minimum atomic E-state index is 0.138. The maximum absolute atomic E-state index is 6.03. The van der Waals surface area contributed by atoms with E-state index in [1.165, 1.54) is 27.7 Å². The first-order chi connectivity index (χ1) is 13.3. The second-order valence-electron chi connectivity index (χ2n) is 6.83. The van der Waals surface area contributed by atoms with E-state index >= 15 is 0 Å². The lowest BCUT2D eigenvalue weighted by Crippen LogP contribution is -2.30. The predicted molar refractivity (Wildman–Crippen MR) is 113 cm³/mol. The first kappa shape index (κ1) is 16.6. The highest BCUT2D eigenvalue weighted by atomic mass is 79.9. The molecule has 1 aliphatic heterocycles. The minimum Gasteiger partial charge on any atom is -0.457 e. The summed E-state index contributed by atoms with van der Waals surface area (Å²) in [6, 6.07) is 24.8. The number of hydrogen-bond donors (Lipinski definition) is 2. The molecule has 4 heteroatoms. The number of para-hydroxylation sites is 1. The summed E-state index contributed by atoms with van der Waals surface area (Å²) in [5.74, 6) is 1.70. The van der Waals surface area contributed by atoms with Crippen molar-refractivity contribution in [1.82, 2.24) is 10.3 Å². The molecular formula is C23H19BrN2O. The van der Waals surface area contributed by atoms with E-state index in [-0.39, 0.29) is 6.04 Å². The number of halogens is 1. The molecule has 1 unspecified atom stereocenters. The zero-order chi connectivity index (χ0) is 18.2. The van der Waals surface area contributed by atoms with E-state index in [4.69, 9.17) is 4.74 Å². The topological polar surface area (TPSA) is 37.0 Å². The zero-order valence-corrected chi connectivity index (χ0v) is 16.3. The number of aromatic amines is 1. The zero-order valence-electron chi connectivity index (χ0n) is 14.7. The second-order valence-corrected chi connectivity index (χ2v) is 7.75. The summed E-state index contributed by atoms with van der Waals surface area (Å²) >= 11 is 3.60. The number of rotatable bonds is 3. The second kappa shape index (κ2) is 6.87. The summed E-state index contributed by atoms with van der Waals surface area (Å²) in [5.41, 5.74) is 5.05. The van der Waals surface area contributed by atoms with Gasteiger partial charge in [-0.05, 0) is 60.0 Å². The third-order valence-corrected chi connectivity index (χ3v) is 5.58.